The zero-order valence-corrected chi connectivity index (χ0v) is 16.3. The van der Waals surface area contributed by atoms with E-state index in [1.54, 1.807) is 6.92 Å². The molecule has 2 unspecified atom stereocenters. The lowest BCUT2D eigenvalue weighted by Crippen LogP contribution is -2.30. The van der Waals surface area contributed by atoms with Crippen molar-refractivity contribution in [3.8, 4) is 16.9 Å². The molecular formula is C21H21N3O3S. The number of hydrogen-bond donors (Lipinski definition) is 1. The first-order chi connectivity index (χ1) is 13.7. The molecule has 0 bridgehead atoms. The number of nitrogens with zero attached hydrogens (tertiary/aromatic N) is 2. The zero-order valence-electron chi connectivity index (χ0n) is 15.5. The van der Waals surface area contributed by atoms with E-state index in [1.165, 1.54) is 11.3 Å². The number of aromatic nitrogens is 2. The van der Waals surface area contributed by atoms with Gasteiger partial charge in [0.1, 0.15) is 16.9 Å². The van der Waals surface area contributed by atoms with Crippen LogP contribution in [0.2, 0.25) is 0 Å². The number of nitrogens with one attached hydrogen (secondary N) is 1. The second-order valence-corrected chi connectivity index (χ2v) is 7.60. The summed E-state index contributed by atoms with van der Waals surface area (Å²) in [7, 11) is 0. The van der Waals surface area contributed by atoms with E-state index in [2.05, 4.69) is 27.6 Å². The smallest absolute Gasteiger partial charge is 0.266 e. The van der Waals surface area contributed by atoms with Crippen LogP contribution in [0.1, 0.15) is 30.9 Å². The number of amides is 1. The Morgan fingerprint density at radius 1 is 1.14 bits per heavy atom. The van der Waals surface area contributed by atoms with Crippen LogP contribution in [0.5, 0.6) is 5.75 Å². The first-order valence-corrected chi connectivity index (χ1v) is 10.1. The summed E-state index contributed by atoms with van der Waals surface area (Å²) in [4.78, 5) is 12.4. The molecule has 1 aliphatic rings. The molecule has 4 rings (SSSR count). The predicted octanol–water partition coefficient (Wildman–Crippen LogP) is 4.46. The number of benzene rings is 2. The summed E-state index contributed by atoms with van der Waals surface area (Å²) in [5, 5.41) is 12.2. The summed E-state index contributed by atoms with van der Waals surface area (Å²) < 4.78 is 11.4. The molecule has 0 aliphatic carbocycles. The summed E-state index contributed by atoms with van der Waals surface area (Å²) in [5.41, 5.74) is 2.23. The van der Waals surface area contributed by atoms with Gasteiger partial charge in [0.05, 0.1) is 0 Å². The summed E-state index contributed by atoms with van der Waals surface area (Å²) in [6, 6.07) is 17.8. The highest BCUT2D eigenvalue weighted by molar-refractivity contribution is 7.15. The number of rotatable bonds is 6. The molecule has 2 atom stereocenters. The van der Waals surface area contributed by atoms with Crippen molar-refractivity contribution in [2.75, 3.05) is 11.9 Å². The van der Waals surface area contributed by atoms with Crippen molar-refractivity contribution in [1.82, 2.24) is 10.2 Å². The number of hydrogen-bond acceptors (Lipinski definition) is 6. The van der Waals surface area contributed by atoms with Gasteiger partial charge in [-0.3, -0.25) is 10.1 Å². The Bertz CT molecular complexity index is 922. The van der Waals surface area contributed by atoms with Gasteiger partial charge < -0.3 is 9.47 Å². The molecule has 144 valence electrons. The Morgan fingerprint density at radius 3 is 2.61 bits per heavy atom. The molecule has 7 heteroatoms. The van der Waals surface area contributed by atoms with Crippen molar-refractivity contribution >= 4 is 22.4 Å². The normalized spacial score (nSPS) is 17.2. The third-order valence-corrected chi connectivity index (χ3v) is 5.45. The fourth-order valence-electron chi connectivity index (χ4n) is 3.01. The minimum Gasteiger partial charge on any atom is -0.481 e. The fourth-order valence-corrected chi connectivity index (χ4v) is 3.84. The average Bonchev–Trinajstić information content (AvgIpc) is 3.41. The number of ether oxygens (including phenoxy) is 2. The minimum atomic E-state index is -0.655. The maximum Gasteiger partial charge on any atom is 0.266 e. The molecule has 2 heterocycles. The van der Waals surface area contributed by atoms with Gasteiger partial charge in [-0.2, -0.15) is 0 Å². The highest BCUT2D eigenvalue weighted by atomic mass is 32.1. The average molecular weight is 395 g/mol. The van der Waals surface area contributed by atoms with Crippen LogP contribution >= 0.6 is 11.3 Å². The summed E-state index contributed by atoms with van der Waals surface area (Å²) in [6.07, 6.45) is 1.32. The van der Waals surface area contributed by atoms with Gasteiger partial charge in [-0.25, -0.2) is 0 Å². The van der Waals surface area contributed by atoms with Gasteiger partial charge in [-0.1, -0.05) is 53.8 Å². The van der Waals surface area contributed by atoms with Crippen LogP contribution in [-0.4, -0.2) is 28.8 Å². The van der Waals surface area contributed by atoms with E-state index in [-0.39, 0.29) is 12.0 Å². The highest BCUT2D eigenvalue weighted by Crippen LogP contribution is 2.32. The lowest BCUT2D eigenvalue weighted by atomic mass is 10.1. The van der Waals surface area contributed by atoms with Crippen LogP contribution in [-0.2, 0) is 9.53 Å². The van der Waals surface area contributed by atoms with Crippen molar-refractivity contribution in [1.29, 1.82) is 0 Å². The van der Waals surface area contributed by atoms with Gasteiger partial charge in [0, 0.05) is 6.61 Å². The Morgan fingerprint density at radius 2 is 1.89 bits per heavy atom. The Hall–Kier alpha value is -2.77. The predicted molar refractivity (Wildman–Crippen MR) is 108 cm³/mol. The second-order valence-electron chi connectivity index (χ2n) is 6.59. The molecule has 28 heavy (non-hydrogen) atoms. The van der Waals surface area contributed by atoms with Gasteiger partial charge >= 0.3 is 0 Å². The van der Waals surface area contributed by atoms with Crippen molar-refractivity contribution in [2.24, 2.45) is 0 Å². The largest absolute Gasteiger partial charge is 0.481 e. The minimum absolute atomic E-state index is 0.0000420. The molecule has 1 aromatic heterocycles. The molecule has 0 radical (unpaired) electrons. The molecule has 0 spiro atoms. The van der Waals surface area contributed by atoms with Crippen LogP contribution in [0.25, 0.3) is 11.1 Å². The molecule has 1 aliphatic heterocycles. The van der Waals surface area contributed by atoms with E-state index in [0.717, 1.165) is 35.6 Å². The molecule has 1 saturated heterocycles. The molecule has 1 N–H and O–H groups in total. The third kappa shape index (κ3) is 4.37. The van der Waals surface area contributed by atoms with E-state index < -0.39 is 6.10 Å². The summed E-state index contributed by atoms with van der Waals surface area (Å²) in [6.45, 7) is 2.46. The maximum absolute atomic E-state index is 12.4. The van der Waals surface area contributed by atoms with Crippen LogP contribution in [0, 0.1) is 0 Å². The van der Waals surface area contributed by atoms with E-state index in [0.29, 0.717) is 10.9 Å². The first-order valence-electron chi connectivity index (χ1n) is 9.27. The number of carbonyl (C=O) groups excluding carboxylic acids is 1. The summed E-state index contributed by atoms with van der Waals surface area (Å²) >= 11 is 1.35. The Balaban J connectivity index is 1.34. The van der Waals surface area contributed by atoms with Crippen molar-refractivity contribution < 1.29 is 14.3 Å². The fraction of sp³-hybridized carbons (Fsp3) is 0.286. The van der Waals surface area contributed by atoms with Crippen LogP contribution < -0.4 is 10.1 Å². The molecule has 1 amide bonds. The molecular weight excluding hydrogens is 374 g/mol. The number of anilines is 1. The monoisotopic (exact) mass is 395 g/mol. The third-order valence-electron chi connectivity index (χ3n) is 4.52. The highest BCUT2D eigenvalue weighted by Gasteiger charge is 2.23. The van der Waals surface area contributed by atoms with E-state index in [9.17, 15) is 4.79 Å². The van der Waals surface area contributed by atoms with Gasteiger partial charge in [0.15, 0.2) is 6.10 Å². The topological polar surface area (TPSA) is 73.3 Å². The second kappa shape index (κ2) is 8.50. The maximum atomic E-state index is 12.4. The molecule has 0 saturated carbocycles. The lowest BCUT2D eigenvalue weighted by molar-refractivity contribution is -0.122. The molecule has 1 fully saturated rings. The van der Waals surface area contributed by atoms with Gasteiger partial charge in [-0.05, 0) is 43.0 Å². The SMILES string of the molecule is CC(Oc1ccc(-c2ccccc2)cc1)C(=O)Nc1nnc(C2CCCO2)s1. The van der Waals surface area contributed by atoms with Gasteiger partial charge in [0.25, 0.3) is 5.91 Å². The van der Waals surface area contributed by atoms with Crippen molar-refractivity contribution in [3.63, 3.8) is 0 Å². The Labute approximate surface area is 167 Å². The molecule has 6 nitrogen and oxygen atoms in total. The molecule has 3 aromatic rings. The summed E-state index contributed by atoms with van der Waals surface area (Å²) in [5.74, 6) is 0.377. The van der Waals surface area contributed by atoms with Crippen LogP contribution in [0.4, 0.5) is 5.13 Å². The van der Waals surface area contributed by atoms with Gasteiger partial charge in [-0.15, -0.1) is 10.2 Å². The van der Waals surface area contributed by atoms with E-state index in [4.69, 9.17) is 9.47 Å². The number of carbonyl (C=O) groups is 1. The van der Waals surface area contributed by atoms with E-state index >= 15 is 0 Å². The first kappa shape index (κ1) is 18.6. The van der Waals surface area contributed by atoms with Crippen LogP contribution in [0.3, 0.4) is 0 Å². The quantitative estimate of drug-likeness (QED) is 0.667. The van der Waals surface area contributed by atoms with Crippen LogP contribution in [0.15, 0.2) is 54.6 Å². The standard InChI is InChI=1S/C21H21N3O3S/c1-14(19(25)22-21-24-23-20(28-21)18-8-5-13-26-18)27-17-11-9-16(10-12-17)15-6-3-2-4-7-15/h2-4,6-7,9-12,14,18H,5,8,13H2,1H3,(H,22,24,25). The van der Waals surface area contributed by atoms with Crippen molar-refractivity contribution in [3.05, 3.63) is 59.6 Å². The lowest BCUT2D eigenvalue weighted by Gasteiger charge is -2.14. The zero-order chi connectivity index (χ0) is 19.3. The van der Waals surface area contributed by atoms with Crippen molar-refractivity contribution in [2.45, 2.75) is 32.0 Å². The van der Waals surface area contributed by atoms with Gasteiger partial charge in [0.2, 0.25) is 5.13 Å². The Kier molecular flexibility index (Phi) is 5.64. The van der Waals surface area contributed by atoms with E-state index in [1.807, 2.05) is 42.5 Å². The molecule has 2 aromatic carbocycles.